The minimum atomic E-state index is 0.597. The van der Waals surface area contributed by atoms with Gasteiger partial charge in [-0.15, -0.1) is 11.3 Å². The number of hydrogen-bond donors (Lipinski definition) is 0. The first kappa shape index (κ1) is 85.1. The Morgan fingerprint density at radius 1 is 0.142 bits per heavy atom. The molecule has 0 saturated heterocycles. The maximum Gasteiger partial charge on any atom is 0.238 e. The molecule has 688 valence electrons. The van der Waals surface area contributed by atoms with Crippen LogP contribution in [0.4, 0.5) is 0 Å². The summed E-state index contributed by atoms with van der Waals surface area (Å²) in [6.07, 6.45) is 0. The van der Waals surface area contributed by atoms with E-state index in [9.17, 15) is 0 Å². The van der Waals surface area contributed by atoms with Gasteiger partial charge in [0.2, 0.25) is 5.95 Å². The largest absolute Gasteiger partial charge is 0.309 e. The molecule has 0 unspecified atom stereocenters. The van der Waals surface area contributed by atoms with E-state index in [1.54, 1.807) is 0 Å². The van der Waals surface area contributed by atoms with Crippen molar-refractivity contribution in [3.05, 3.63) is 497 Å². The molecule has 24 aromatic carbocycles. The van der Waals surface area contributed by atoms with Crippen LogP contribution >= 0.6 is 11.3 Å². The Morgan fingerprint density at radius 2 is 0.446 bits per heavy atom. The topological polar surface area (TPSA) is 131 Å². The highest BCUT2D eigenvalue weighted by Crippen LogP contribution is 2.50. The van der Waals surface area contributed by atoms with E-state index in [1.165, 1.54) is 166 Å². The van der Waals surface area contributed by atoms with E-state index in [0.717, 1.165) is 72.3 Å². The van der Waals surface area contributed by atoms with E-state index < -0.39 is 0 Å². The number of fused-ring (bicyclic) bond motifs is 32. The van der Waals surface area contributed by atoms with E-state index in [4.69, 9.17) is 44.9 Å². The van der Waals surface area contributed by atoms with Gasteiger partial charge in [-0.2, -0.15) is 9.97 Å². The third-order valence-corrected chi connectivity index (χ3v) is 30.4. The first-order valence-corrected chi connectivity index (χ1v) is 50.7. The SMILES string of the molecule is c1ccc(-c2nc(-c3ccc4sc5ccccc5c4c3)nc(-n3c4ccc5ccccc5c4c4c5ccccc5c5ccccc5c43)n2)cc1.c1ccc(-c2nc(-c3ccccc3)nc(-c3ccc(-n4c5c6ccccc6ccc5c5c6ccccc6c6ccccc6c54)cc3)n2)cc1.c1ccc(-c2nc(-c3ccccc3)nc(-c3ccc(-n4c5cc6ccccc6cc5c5c6ccccc6c6ccccc6c54)cc3)n2)cc1. The zero-order chi connectivity index (χ0) is 97.4. The standard InChI is InChI=1S/C45H26N4S.2C45H28N4/c1-2-13-28(14-3-1)43-46-44(29-23-25-39-36(26-29)33-18-10-11-21-38(33)50-39)48-45(47-43)49-37-24-22-27-12-4-5-15-30(27)40(37)41-34-19-8-6-16-31(34)32-17-7-9-20-35(32)42(41)49;1-3-14-30(15-4-1)43-46-44(31-16-5-2-6-17-31)48-45(47-43)32-23-26-33(27-24-32)49-41-34-18-8-7-13-29(34)25-28-39(41)40-37-21-11-9-19-35(37)36-20-10-12-22-38(36)42(40)49;1-3-13-29(14-4-1)43-46-44(30-15-5-2-6-16-30)48-45(47-43)31-23-25-34(26-24-31)49-40-28-33-18-8-7-17-32(33)27-39(40)41-37-21-11-9-19-35(37)36-20-10-12-22-38(36)42(41)49/h1-26H;2*1-28H. The van der Waals surface area contributed by atoms with Crippen LogP contribution in [0.5, 0.6) is 0 Å². The van der Waals surface area contributed by atoms with Crippen LogP contribution < -0.4 is 0 Å². The van der Waals surface area contributed by atoms with Gasteiger partial charge in [0.25, 0.3) is 0 Å². The van der Waals surface area contributed by atoms with Crippen molar-refractivity contribution in [2.24, 2.45) is 0 Å². The highest BCUT2D eigenvalue weighted by Gasteiger charge is 2.28. The second kappa shape index (κ2) is 35.2. The third kappa shape index (κ3) is 14.2. The molecule has 0 radical (unpaired) electrons. The summed E-state index contributed by atoms with van der Waals surface area (Å²) in [5.41, 5.74) is 16.7. The zero-order valence-corrected chi connectivity index (χ0v) is 80.4. The van der Waals surface area contributed by atoms with Gasteiger partial charge in [0.1, 0.15) is 0 Å². The van der Waals surface area contributed by atoms with Crippen LogP contribution in [0.3, 0.4) is 0 Å². The highest BCUT2D eigenvalue weighted by atomic mass is 32.1. The van der Waals surface area contributed by atoms with Crippen LogP contribution in [0.15, 0.2) is 497 Å². The summed E-state index contributed by atoms with van der Waals surface area (Å²) in [7, 11) is 0. The molecular formula is C135H82N12S. The van der Waals surface area contributed by atoms with Gasteiger partial charge in [-0.3, -0.25) is 4.57 Å². The van der Waals surface area contributed by atoms with Crippen LogP contribution in [-0.2, 0) is 0 Å². The molecule has 0 fully saturated rings. The second-order valence-corrected chi connectivity index (χ2v) is 38.7. The summed E-state index contributed by atoms with van der Waals surface area (Å²) < 4.78 is 9.71. The van der Waals surface area contributed by atoms with E-state index in [0.29, 0.717) is 52.5 Å². The molecule has 0 aliphatic heterocycles. The molecule has 0 spiro atoms. The van der Waals surface area contributed by atoms with E-state index in [1.807, 2.05) is 151 Å². The second-order valence-electron chi connectivity index (χ2n) is 37.7. The van der Waals surface area contributed by atoms with Crippen molar-refractivity contribution in [2.75, 3.05) is 0 Å². The van der Waals surface area contributed by atoms with Gasteiger partial charge < -0.3 is 9.13 Å². The number of nitrogens with zero attached hydrogens (tertiary/aromatic N) is 12. The lowest BCUT2D eigenvalue weighted by atomic mass is 9.95. The Bertz CT molecular complexity index is 10600. The van der Waals surface area contributed by atoms with Crippen molar-refractivity contribution in [3.8, 4) is 108 Å². The van der Waals surface area contributed by atoms with Gasteiger partial charge >= 0.3 is 0 Å². The quantitative estimate of drug-likeness (QED) is 0.116. The predicted octanol–water partition coefficient (Wildman–Crippen LogP) is 35.0. The Balaban J connectivity index is 0.000000105. The van der Waals surface area contributed by atoms with Crippen molar-refractivity contribution in [1.29, 1.82) is 0 Å². The summed E-state index contributed by atoms with van der Waals surface area (Å²) in [6.45, 7) is 0. The van der Waals surface area contributed by atoms with Crippen molar-refractivity contribution < 1.29 is 0 Å². The average molecular weight is 1900 g/mol. The van der Waals surface area contributed by atoms with Crippen molar-refractivity contribution in [2.45, 2.75) is 0 Å². The minimum absolute atomic E-state index is 0.597. The number of thiophene rings is 1. The molecule has 13 heteroatoms. The molecule has 0 saturated carbocycles. The highest BCUT2D eigenvalue weighted by molar-refractivity contribution is 7.25. The molecule has 0 bridgehead atoms. The monoisotopic (exact) mass is 1900 g/mol. The van der Waals surface area contributed by atoms with Gasteiger partial charge in [-0.05, 0) is 166 Å². The normalized spacial score (nSPS) is 11.8. The van der Waals surface area contributed by atoms with Crippen LogP contribution in [-0.4, -0.2) is 58.6 Å². The molecule has 0 N–H and O–H groups in total. The fraction of sp³-hybridized carbons (Fsp3) is 0. The van der Waals surface area contributed by atoms with E-state index in [-0.39, 0.29) is 0 Å². The molecule has 31 rings (SSSR count). The van der Waals surface area contributed by atoms with Gasteiger partial charge in [0, 0.05) is 130 Å². The number of benzene rings is 24. The zero-order valence-electron chi connectivity index (χ0n) is 79.6. The molecular weight excluding hydrogens is 1820 g/mol. The first-order valence-electron chi connectivity index (χ1n) is 49.9. The van der Waals surface area contributed by atoms with Crippen molar-refractivity contribution in [1.82, 2.24) is 58.6 Å². The molecule has 31 aromatic rings. The summed E-state index contributed by atoms with van der Waals surface area (Å²) in [4.78, 5) is 45.4. The lowest BCUT2D eigenvalue weighted by molar-refractivity contribution is 0.955. The lowest BCUT2D eigenvalue weighted by Crippen LogP contribution is -2.06. The Labute approximate surface area is 852 Å². The summed E-state index contributed by atoms with van der Waals surface area (Å²) in [5.74, 6) is 5.78. The van der Waals surface area contributed by atoms with Crippen molar-refractivity contribution in [3.63, 3.8) is 0 Å². The molecule has 7 aromatic heterocycles. The van der Waals surface area contributed by atoms with E-state index in [2.05, 4.69) is 372 Å². The minimum Gasteiger partial charge on any atom is -0.309 e. The van der Waals surface area contributed by atoms with Crippen LogP contribution in [0.1, 0.15) is 0 Å². The average Bonchev–Trinajstić information content (AvgIpc) is 1.54. The molecule has 7 heterocycles. The number of rotatable bonds is 11. The molecule has 0 aliphatic rings. The summed E-state index contributed by atoms with van der Waals surface area (Å²) in [6, 6.07) is 176. The maximum atomic E-state index is 5.35. The van der Waals surface area contributed by atoms with Gasteiger partial charge in [0.15, 0.2) is 46.6 Å². The van der Waals surface area contributed by atoms with E-state index >= 15 is 0 Å². The van der Waals surface area contributed by atoms with Crippen LogP contribution in [0, 0.1) is 0 Å². The summed E-state index contributed by atoms with van der Waals surface area (Å²) in [5, 5.41) is 32.1. The van der Waals surface area contributed by atoms with Crippen LogP contribution in [0.2, 0.25) is 0 Å². The summed E-state index contributed by atoms with van der Waals surface area (Å²) >= 11 is 1.82. The van der Waals surface area contributed by atoms with Crippen LogP contribution in [0.25, 0.3) is 291 Å². The third-order valence-electron chi connectivity index (χ3n) is 29.2. The fourth-order valence-electron chi connectivity index (χ4n) is 22.5. The Kier molecular flexibility index (Phi) is 20.2. The molecule has 12 nitrogen and oxygen atoms in total. The Morgan fingerprint density at radius 3 is 0.905 bits per heavy atom. The Hall–Kier alpha value is -19.7. The smallest absolute Gasteiger partial charge is 0.238 e. The maximum absolute atomic E-state index is 5.35. The molecule has 0 amide bonds. The molecule has 0 aliphatic carbocycles. The van der Waals surface area contributed by atoms with Gasteiger partial charge in [-0.25, -0.2) is 34.9 Å². The van der Waals surface area contributed by atoms with Gasteiger partial charge in [-0.1, -0.05) is 406 Å². The molecule has 0 atom stereocenters. The van der Waals surface area contributed by atoms with Gasteiger partial charge in [0.05, 0.1) is 33.1 Å². The number of aromatic nitrogens is 12. The molecule has 148 heavy (non-hydrogen) atoms. The predicted molar refractivity (Wildman–Crippen MR) is 616 cm³/mol. The number of hydrogen-bond acceptors (Lipinski definition) is 10. The fourth-order valence-corrected chi connectivity index (χ4v) is 23.6. The lowest BCUT2D eigenvalue weighted by Gasteiger charge is -2.13. The van der Waals surface area contributed by atoms with Crippen molar-refractivity contribution >= 4 is 194 Å². The first-order chi connectivity index (χ1) is 73.4.